The van der Waals surface area contributed by atoms with Gasteiger partial charge in [0, 0.05) is 29.8 Å². The van der Waals surface area contributed by atoms with Gasteiger partial charge in [-0.15, -0.1) is 0 Å². The predicted molar refractivity (Wildman–Crippen MR) is 129 cm³/mol. The topological polar surface area (TPSA) is 86.5 Å². The van der Waals surface area contributed by atoms with Gasteiger partial charge in [0.15, 0.2) is 6.61 Å². The van der Waals surface area contributed by atoms with Crippen LogP contribution < -0.4 is 9.47 Å². The van der Waals surface area contributed by atoms with Crippen molar-refractivity contribution < 1.29 is 32.5 Å². The predicted octanol–water partition coefficient (Wildman–Crippen LogP) is 5.66. The molecule has 2 aromatic heterocycles. The molecule has 37 heavy (non-hydrogen) atoms. The minimum absolute atomic E-state index is 0.105. The highest BCUT2D eigenvalue weighted by Crippen LogP contribution is 2.41. The number of ether oxygens (including phenoxy) is 2. The number of carboxylic acids is 1. The highest BCUT2D eigenvalue weighted by molar-refractivity contribution is 5.93. The van der Waals surface area contributed by atoms with E-state index in [9.17, 15) is 18.0 Å². The van der Waals surface area contributed by atoms with Crippen LogP contribution in [0.2, 0.25) is 0 Å². The molecule has 1 fully saturated rings. The number of carbonyl (C=O) groups is 1. The molecule has 2 aromatic carbocycles. The van der Waals surface area contributed by atoms with Crippen LogP contribution in [0.4, 0.5) is 13.2 Å². The van der Waals surface area contributed by atoms with Crippen molar-refractivity contribution in [3.05, 3.63) is 77.0 Å². The van der Waals surface area contributed by atoms with Crippen molar-refractivity contribution in [1.82, 2.24) is 14.8 Å². The quantitative estimate of drug-likeness (QED) is 0.296. The lowest BCUT2D eigenvalue weighted by Gasteiger charge is -2.19. The molecule has 0 saturated heterocycles. The van der Waals surface area contributed by atoms with Crippen molar-refractivity contribution in [3.63, 3.8) is 0 Å². The molecule has 0 amide bonds. The molecule has 0 aliphatic heterocycles. The number of aliphatic carboxylic acids is 1. The van der Waals surface area contributed by atoms with E-state index in [0.29, 0.717) is 23.6 Å². The van der Waals surface area contributed by atoms with Gasteiger partial charge in [-0.25, -0.2) is 18.9 Å². The average Bonchev–Trinajstić information content (AvgIpc) is 3.61. The van der Waals surface area contributed by atoms with E-state index in [-0.39, 0.29) is 28.8 Å². The molecule has 1 aliphatic carbocycles. The highest BCUT2D eigenvalue weighted by atomic mass is 19.3. The lowest BCUT2D eigenvalue weighted by molar-refractivity contribution is -0.139. The molecule has 192 valence electrons. The first-order chi connectivity index (χ1) is 17.8. The lowest BCUT2D eigenvalue weighted by atomic mass is 9.98. The Balaban J connectivity index is 1.55. The van der Waals surface area contributed by atoms with Gasteiger partial charge in [0.05, 0.1) is 16.8 Å². The standard InChI is InChI=1S/C27H24F3N3O4/c1-2-20-18(13-15-3-7-17(8-4-15)33-12-11-21(32-33)16-5-6-16)26(37-27(29)30)24-22(36-14-23(34)35)10-9-19(28)25(24)31-20/h3-4,7-12,16,27H,2,5-6,13-14H2,1H3,(H,34,35). The summed E-state index contributed by atoms with van der Waals surface area (Å²) >= 11 is 0. The first-order valence-electron chi connectivity index (χ1n) is 11.9. The number of nitrogens with zero attached hydrogens (tertiary/aromatic N) is 3. The summed E-state index contributed by atoms with van der Waals surface area (Å²) in [5.41, 5.74) is 3.24. The molecule has 1 aliphatic rings. The molecule has 5 rings (SSSR count). The molecule has 0 atom stereocenters. The molecule has 7 nitrogen and oxygen atoms in total. The first-order valence-corrected chi connectivity index (χ1v) is 11.9. The zero-order valence-electron chi connectivity index (χ0n) is 20.0. The molecule has 0 spiro atoms. The molecular formula is C27H24F3N3O4. The van der Waals surface area contributed by atoms with Gasteiger partial charge in [-0.2, -0.15) is 13.9 Å². The number of rotatable bonds is 10. The number of fused-ring (bicyclic) bond motifs is 1. The van der Waals surface area contributed by atoms with Gasteiger partial charge in [0.25, 0.3) is 0 Å². The molecular weight excluding hydrogens is 487 g/mol. The Morgan fingerprint density at radius 2 is 1.92 bits per heavy atom. The molecule has 0 bridgehead atoms. The van der Waals surface area contributed by atoms with Crippen LogP contribution in [0.15, 0.2) is 48.7 Å². The van der Waals surface area contributed by atoms with Crippen molar-refractivity contribution in [2.75, 3.05) is 6.61 Å². The Labute approximate surface area is 210 Å². The summed E-state index contributed by atoms with van der Waals surface area (Å²) < 4.78 is 53.9. The molecule has 1 N–H and O–H groups in total. The largest absolute Gasteiger partial charge is 0.481 e. The summed E-state index contributed by atoms with van der Waals surface area (Å²) in [6, 6.07) is 11.7. The Kier molecular flexibility index (Phi) is 6.73. The van der Waals surface area contributed by atoms with Gasteiger partial charge in [-0.3, -0.25) is 0 Å². The van der Waals surface area contributed by atoms with E-state index in [2.05, 4.69) is 10.1 Å². The second kappa shape index (κ2) is 10.1. The monoisotopic (exact) mass is 511 g/mol. The second-order valence-electron chi connectivity index (χ2n) is 8.85. The summed E-state index contributed by atoms with van der Waals surface area (Å²) in [6.45, 7) is -2.16. The molecule has 0 unspecified atom stereocenters. The van der Waals surface area contributed by atoms with E-state index < -0.39 is 25.0 Å². The van der Waals surface area contributed by atoms with Crippen molar-refractivity contribution in [1.29, 1.82) is 0 Å². The number of pyridine rings is 1. The average molecular weight is 512 g/mol. The van der Waals surface area contributed by atoms with Crippen LogP contribution in [-0.4, -0.2) is 39.1 Å². The van der Waals surface area contributed by atoms with Gasteiger partial charge in [-0.05, 0) is 55.2 Å². The van der Waals surface area contributed by atoms with Gasteiger partial charge >= 0.3 is 12.6 Å². The Morgan fingerprint density at radius 3 is 2.57 bits per heavy atom. The number of hydrogen-bond acceptors (Lipinski definition) is 5. The highest BCUT2D eigenvalue weighted by Gasteiger charge is 2.26. The summed E-state index contributed by atoms with van der Waals surface area (Å²) in [6.07, 6.45) is 4.74. The minimum atomic E-state index is -3.20. The van der Waals surface area contributed by atoms with Gasteiger partial charge < -0.3 is 14.6 Å². The van der Waals surface area contributed by atoms with E-state index in [1.54, 1.807) is 11.6 Å². The number of benzene rings is 2. The third-order valence-corrected chi connectivity index (χ3v) is 6.27. The summed E-state index contributed by atoms with van der Waals surface area (Å²) in [7, 11) is 0. The maximum Gasteiger partial charge on any atom is 0.387 e. The molecule has 4 aromatic rings. The van der Waals surface area contributed by atoms with Crippen molar-refractivity contribution in [3.8, 4) is 17.2 Å². The van der Waals surface area contributed by atoms with Crippen molar-refractivity contribution in [2.24, 2.45) is 0 Å². The smallest absolute Gasteiger partial charge is 0.387 e. The zero-order chi connectivity index (χ0) is 26.1. The second-order valence-corrected chi connectivity index (χ2v) is 8.85. The SMILES string of the molecule is CCc1nc2c(F)ccc(OCC(=O)O)c2c(OC(F)F)c1Cc1ccc(-n2ccc(C3CC3)n2)cc1. The molecule has 2 heterocycles. The third kappa shape index (κ3) is 5.23. The van der Waals surface area contributed by atoms with Crippen LogP contribution in [0.1, 0.15) is 48.2 Å². The van der Waals surface area contributed by atoms with Gasteiger partial charge in [0.1, 0.15) is 22.8 Å². The van der Waals surface area contributed by atoms with E-state index in [1.165, 1.54) is 6.07 Å². The van der Waals surface area contributed by atoms with Crippen LogP contribution in [0.5, 0.6) is 11.5 Å². The van der Waals surface area contributed by atoms with E-state index in [4.69, 9.17) is 14.6 Å². The summed E-state index contributed by atoms with van der Waals surface area (Å²) in [5, 5.41) is 13.5. The summed E-state index contributed by atoms with van der Waals surface area (Å²) in [4.78, 5) is 15.4. The Hall–Kier alpha value is -4.08. The molecule has 0 radical (unpaired) electrons. The van der Waals surface area contributed by atoms with E-state index >= 15 is 0 Å². The van der Waals surface area contributed by atoms with Gasteiger partial charge in [-0.1, -0.05) is 19.1 Å². The normalized spacial score (nSPS) is 13.3. The molecule has 1 saturated carbocycles. The number of alkyl halides is 2. The summed E-state index contributed by atoms with van der Waals surface area (Å²) in [5.74, 6) is -1.87. The maximum atomic E-state index is 14.7. The van der Waals surface area contributed by atoms with Crippen molar-refractivity contribution >= 4 is 16.9 Å². The number of aromatic nitrogens is 3. The third-order valence-electron chi connectivity index (χ3n) is 6.27. The van der Waals surface area contributed by atoms with Crippen LogP contribution in [0.3, 0.4) is 0 Å². The fourth-order valence-corrected chi connectivity index (χ4v) is 4.36. The minimum Gasteiger partial charge on any atom is -0.481 e. The lowest BCUT2D eigenvalue weighted by Crippen LogP contribution is -2.13. The number of halogens is 3. The van der Waals surface area contributed by atoms with Crippen LogP contribution >= 0.6 is 0 Å². The van der Waals surface area contributed by atoms with Gasteiger partial charge in [0.2, 0.25) is 0 Å². The van der Waals surface area contributed by atoms with Crippen molar-refractivity contribution in [2.45, 2.75) is 45.1 Å². The van der Waals surface area contributed by atoms with Crippen LogP contribution in [0.25, 0.3) is 16.6 Å². The van der Waals surface area contributed by atoms with E-state index in [1.807, 2.05) is 36.5 Å². The maximum absolute atomic E-state index is 14.7. The Morgan fingerprint density at radius 1 is 1.16 bits per heavy atom. The first kappa shape index (κ1) is 24.6. The van der Waals surface area contributed by atoms with Crippen LogP contribution in [-0.2, 0) is 17.6 Å². The van der Waals surface area contributed by atoms with E-state index in [0.717, 1.165) is 35.9 Å². The van der Waals surface area contributed by atoms with Crippen LogP contribution in [0, 0.1) is 5.82 Å². The fourth-order valence-electron chi connectivity index (χ4n) is 4.36. The number of carboxylic acid groups (broad SMARTS) is 1. The number of hydrogen-bond donors (Lipinski definition) is 1. The molecule has 10 heteroatoms. The number of aryl methyl sites for hydroxylation is 1. The zero-order valence-corrected chi connectivity index (χ0v) is 20.0. The Bertz CT molecular complexity index is 1450. The fraction of sp³-hybridized carbons (Fsp3) is 0.296.